The van der Waals surface area contributed by atoms with Crippen LogP contribution in [0.4, 0.5) is 52.7 Å². The Bertz CT molecular complexity index is 893. The zero-order valence-corrected chi connectivity index (χ0v) is 21.5. The predicted octanol–water partition coefficient (Wildman–Crippen LogP) is 3.03. The summed E-state index contributed by atoms with van der Waals surface area (Å²) in [5.74, 6) is -19.0. The molecule has 0 fully saturated rings. The number of terminal acetylenes is 1. The van der Waals surface area contributed by atoms with E-state index in [-0.39, 0.29) is 52.9 Å². The minimum absolute atomic E-state index is 0.00709. The first-order valence-electron chi connectivity index (χ1n) is 11.4. The Morgan fingerprint density at radius 3 is 1.76 bits per heavy atom. The van der Waals surface area contributed by atoms with E-state index in [1.807, 2.05) is 0 Å². The molecule has 2 unspecified atom stereocenters. The van der Waals surface area contributed by atoms with E-state index in [1.165, 1.54) is 0 Å². The summed E-state index contributed by atoms with van der Waals surface area (Å²) in [6.45, 7) is -4.91. The van der Waals surface area contributed by atoms with E-state index < -0.39 is 67.7 Å². The molecule has 2 atom stereocenters. The topological polar surface area (TPSA) is 104 Å². The maximum absolute atomic E-state index is 14.4. The van der Waals surface area contributed by atoms with Gasteiger partial charge in [-0.3, -0.25) is 14.3 Å². The highest BCUT2D eigenvalue weighted by atomic mass is 19.4. The van der Waals surface area contributed by atoms with Crippen LogP contribution in [0.1, 0.15) is 13.3 Å². The third kappa shape index (κ3) is 12.8. The van der Waals surface area contributed by atoms with Gasteiger partial charge >= 0.3 is 30.2 Å². The summed E-state index contributed by atoms with van der Waals surface area (Å²) in [5, 5.41) is 3.37. The van der Waals surface area contributed by atoms with Gasteiger partial charge < -0.3 is 29.6 Å². The molecule has 0 aromatic carbocycles. The van der Waals surface area contributed by atoms with Crippen LogP contribution in [0.5, 0.6) is 0 Å². The molecule has 2 N–H and O–H groups in total. The Morgan fingerprint density at radius 2 is 1.26 bits per heavy atom. The zero-order valence-electron chi connectivity index (χ0n) is 21.5. The van der Waals surface area contributed by atoms with Crippen LogP contribution < -0.4 is 10.6 Å². The van der Waals surface area contributed by atoms with Crippen molar-refractivity contribution in [3.05, 3.63) is 0 Å². The molecule has 0 aliphatic rings. The second-order valence-corrected chi connectivity index (χ2v) is 8.00. The second kappa shape index (κ2) is 16.3. The molecular formula is C21H26F12N2O7. The van der Waals surface area contributed by atoms with Gasteiger partial charge in [0.2, 0.25) is 5.91 Å². The Balaban J connectivity index is 4.93. The highest BCUT2D eigenvalue weighted by molar-refractivity contribution is 5.84. The molecule has 0 spiro atoms. The summed E-state index contributed by atoms with van der Waals surface area (Å²) in [6, 6.07) is 0. The number of nitrogens with one attached hydrogen (secondary N) is 2. The standard InChI is InChI=1S/C21H26F12N2O7/c1-3-7-38-11-12-39-8-4-14(36)34-5-9-40-10-6-35-15(37)17(24,19(26,27)28)42-21(32,33)18(25,20(29,30)31)41-13-16(2,22)23/h1H,4-13H2,2H3,(H,34,36)(H,35,37). The molecule has 21 heteroatoms. The van der Waals surface area contributed by atoms with Gasteiger partial charge in [-0.05, 0) is 0 Å². The van der Waals surface area contributed by atoms with Crippen molar-refractivity contribution in [2.75, 3.05) is 59.3 Å². The van der Waals surface area contributed by atoms with Crippen LogP contribution in [-0.4, -0.2) is 107 Å². The molecule has 0 aliphatic carbocycles. The third-order valence-electron chi connectivity index (χ3n) is 4.32. The Hall–Kier alpha value is -2.54. The third-order valence-corrected chi connectivity index (χ3v) is 4.32. The average Bonchev–Trinajstić information content (AvgIpc) is 2.83. The summed E-state index contributed by atoms with van der Waals surface area (Å²) in [5.41, 5.74) is 0. The fourth-order valence-corrected chi connectivity index (χ4v) is 2.35. The van der Waals surface area contributed by atoms with Gasteiger partial charge in [0.15, 0.2) is 0 Å². The van der Waals surface area contributed by atoms with E-state index >= 15 is 0 Å². The number of ether oxygens (including phenoxy) is 5. The lowest BCUT2D eigenvalue weighted by molar-refractivity contribution is -0.498. The number of hydrogen-bond acceptors (Lipinski definition) is 7. The number of amides is 2. The van der Waals surface area contributed by atoms with Gasteiger partial charge in [-0.25, -0.2) is 8.78 Å². The molecule has 42 heavy (non-hydrogen) atoms. The number of alkyl halides is 12. The molecule has 2 amide bonds. The molecular weight excluding hydrogens is 620 g/mol. The second-order valence-electron chi connectivity index (χ2n) is 8.00. The largest absolute Gasteiger partial charge is 0.458 e. The average molecular weight is 646 g/mol. The van der Waals surface area contributed by atoms with Gasteiger partial charge in [-0.15, -0.1) is 6.42 Å². The van der Waals surface area contributed by atoms with E-state index in [0.717, 1.165) is 5.32 Å². The van der Waals surface area contributed by atoms with Crippen LogP contribution >= 0.6 is 0 Å². The lowest BCUT2D eigenvalue weighted by Gasteiger charge is -2.37. The van der Waals surface area contributed by atoms with E-state index in [0.29, 0.717) is 0 Å². The zero-order chi connectivity index (χ0) is 32.9. The van der Waals surface area contributed by atoms with E-state index in [2.05, 4.69) is 20.7 Å². The summed E-state index contributed by atoms with van der Waals surface area (Å²) in [4.78, 5) is 23.3. The molecule has 0 aromatic heterocycles. The quantitative estimate of drug-likeness (QED) is 0.119. The van der Waals surface area contributed by atoms with Gasteiger partial charge in [-0.2, -0.15) is 43.9 Å². The fourth-order valence-electron chi connectivity index (χ4n) is 2.35. The lowest BCUT2D eigenvalue weighted by Crippen LogP contribution is -2.66. The van der Waals surface area contributed by atoms with Crippen LogP contribution in [0.25, 0.3) is 0 Å². The smallest absolute Gasteiger partial charge is 0.379 e. The predicted molar refractivity (Wildman–Crippen MR) is 114 cm³/mol. The van der Waals surface area contributed by atoms with Crippen LogP contribution in [0, 0.1) is 12.3 Å². The molecule has 246 valence electrons. The fraction of sp³-hybridized carbons (Fsp3) is 0.810. The molecule has 0 bridgehead atoms. The van der Waals surface area contributed by atoms with Gasteiger partial charge in [-0.1, -0.05) is 5.92 Å². The molecule has 0 saturated heterocycles. The molecule has 0 heterocycles. The van der Waals surface area contributed by atoms with E-state index in [4.69, 9.17) is 20.6 Å². The monoisotopic (exact) mass is 646 g/mol. The van der Waals surface area contributed by atoms with Crippen molar-refractivity contribution < 1.29 is 86.0 Å². The molecule has 0 aromatic rings. The highest BCUT2D eigenvalue weighted by Gasteiger charge is 2.80. The molecule has 0 aliphatic heterocycles. The first-order chi connectivity index (χ1) is 19.0. The summed E-state index contributed by atoms with van der Waals surface area (Å²) in [7, 11) is 0. The Labute approximate surface area is 230 Å². The number of rotatable bonds is 20. The van der Waals surface area contributed by atoms with E-state index in [1.54, 1.807) is 0 Å². The SMILES string of the molecule is C#CCOCCOCCC(=O)NCCOCCNC(=O)C(F)(OC(F)(F)C(F)(OCC(C)(F)F)C(F)(F)F)C(F)(F)F. The van der Waals surface area contributed by atoms with Crippen molar-refractivity contribution in [3.8, 4) is 12.3 Å². The van der Waals surface area contributed by atoms with Crippen molar-refractivity contribution in [1.29, 1.82) is 0 Å². The van der Waals surface area contributed by atoms with Crippen molar-refractivity contribution in [3.63, 3.8) is 0 Å². The molecule has 0 saturated carbocycles. The minimum atomic E-state index is -7.06. The number of carbonyl (C=O) groups is 2. The lowest BCUT2D eigenvalue weighted by atomic mass is 10.2. The van der Waals surface area contributed by atoms with Gasteiger partial charge in [0, 0.05) is 26.4 Å². The van der Waals surface area contributed by atoms with Crippen molar-refractivity contribution >= 4 is 11.8 Å². The van der Waals surface area contributed by atoms with Gasteiger partial charge in [0.05, 0.1) is 33.0 Å². The van der Waals surface area contributed by atoms with Crippen LogP contribution in [-0.2, 0) is 33.3 Å². The normalized spacial score (nSPS) is 15.8. The number of carbonyl (C=O) groups excluding carboxylic acids is 2. The maximum Gasteiger partial charge on any atom is 0.458 e. The first-order valence-corrected chi connectivity index (χ1v) is 11.4. The molecule has 0 radical (unpaired) electrons. The van der Waals surface area contributed by atoms with Crippen molar-refractivity contribution in [2.24, 2.45) is 0 Å². The van der Waals surface area contributed by atoms with Crippen molar-refractivity contribution in [1.82, 2.24) is 10.6 Å². The van der Waals surface area contributed by atoms with Gasteiger partial charge in [0.25, 0.3) is 11.8 Å². The Kier molecular flexibility index (Phi) is 15.4. The first kappa shape index (κ1) is 39.5. The Morgan fingerprint density at radius 1 is 0.738 bits per heavy atom. The molecule has 0 rings (SSSR count). The van der Waals surface area contributed by atoms with Crippen molar-refractivity contribution in [2.45, 2.75) is 49.4 Å². The van der Waals surface area contributed by atoms with Crippen LogP contribution in [0.15, 0.2) is 0 Å². The van der Waals surface area contributed by atoms with Crippen LogP contribution in [0.2, 0.25) is 0 Å². The summed E-state index contributed by atoms with van der Waals surface area (Å²) < 4.78 is 180. The van der Waals surface area contributed by atoms with Gasteiger partial charge in [0.1, 0.15) is 13.2 Å². The maximum atomic E-state index is 14.4. The highest BCUT2D eigenvalue weighted by Crippen LogP contribution is 2.51. The number of halogens is 12. The van der Waals surface area contributed by atoms with E-state index in [9.17, 15) is 62.3 Å². The number of hydrogen-bond donors (Lipinski definition) is 2. The minimum Gasteiger partial charge on any atom is -0.379 e. The summed E-state index contributed by atoms with van der Waals surface area (Å²) in [6.07, 6.45) is -16.1. The summed E-state index contributed by atoms with van der Waals surface area (Å²) >= 11 is 0. The molecule has 9 nitrogen and oxygen atoms in total. The van der Waals surface area contributed by atoms with Crippen LogP contribution in [0.3, 0.4) is 0 Å².